The second-order valence-corrected chi connectivity index (χ2v) is 4.32. The van der Waals surface area contributed by atoms with Crippen molar-refractivity contribution in [2.75, 3.05) is 18.5 Å². The molecule has 17 heavy (non-hydrogen) atoms. The Kier molecular flexibility index (Phi) is 4.50. The van der Waals surface area contributed by atoms with Crippen LogP contribution in [0.25, 0.3) is 0 Å². The molecule has 1 rings (SSSR count). The Morgan fingerprint density at radius 1 is 1.41 bits per heavy atom. The number of aryl methyl sites for hydroxylation is 2. The van der Waals surface area contributed by atoms with Crippen molar-refractivity contribution in [2.45, 2.75) is 32.4 Å². The van der Waals surface area contributed by atoms with Crippen LogP contribution in [0, 0.1) is 6.92 Å². The quantitative estimate of drug-likeness (QED) is 0.551. The molecule has 0 saturated carbocycles. The van der Waals surface area contributed by atoms with Gasteiger partial charge < -0.3 is 21.3 Å². The summed E-state index contributed by atoms with van der Waals surface area (Å²) in [4.78, 5) is 0. The van der Waals surface area contributed by atoms with E-state index in [-0.39, 0.29) is 13.2 Å². The third-order valence-electron chi connectivity index (χ3n) is 3.22. The molecule has 0 atom stereocenters. The van der Waals surface area contributed by atoms with Crippen molar-refractivity contribution in [1.29, 1.82) is 0 Å². The minimum absolute atomic E-state index is 0.145. The average Bonchev–Trinajstić information content (AvgIpc) is 2.60. The molecule has 0 amide bonds. The van der Waals surface area contributed by atoms with E-state index in [9.17, 15) is 10.2 Å². The van der Waals surface area contributed by atoms with Crippen LogP contribution in [0.3, 0.4) is 0 Å². The van der Waals surface area contributed by atoms with Gasteiger partial charge in [-0.15, -0.1) is 0 Å². The number of aliphatic hydroxyl groups is 2. The van der Waals surface area contributed by atoms with Crippen LogP contribution < -0.4 is 11.1 Å². The van der Waals surface area contributed by atoms with E-state index in [1.54, 1.807) is 4.68 Å². The van der Waals surface area contributed by atoms with Crippen LogP contribution >= 0.6 is 0 Å². The molecule has 0 aliphatic rings. The smallest absolute Gasteiger partial charge is 0.129 e. The topological polar surface area (TPSA) is 96.3 Å². The number of nitrogens with two attached hydrogens (primary N) is 1. The molecule has 1 aromatic rings. The summed E-state index contributed by atoms with van der Waals surface area (Å²) in [6.45, 7) is 3.88. The lowest BCUT2D eigenvalue weighted by molar-refractivity contribution is 0.132. The fourth-order valence-electron chi connectivity index (χ4n) is 1.79. The maximum Gasteiger partial charge on any atom is 0.129 e. The lowest BCUT2D eigenvalue weighted by atomic mass is 9.98. The van der Waals surface area contributed by atoms with Gasteiger partial charge in [-0.1, -0.05) is 6.92 Å². The molecule has 0 saturated heterocycles. The van der Waals surface area contributed by atoms with Crippen LogP contribution in [0.2, 0.25) is 0 Å². The van der Waals surface area contributed by atoms with Crippen molar-refractivity contribution in [3.05, 3.63) is 11.3 Å². The number of aromatic nitrogens is 2. The number of nitrogens with one attached hydrogen (secondary N) is 1. The molecule has 5 N–H and O–H groups in total. The largest absolute Gasteiger partial charge is 0.394 e. The first-order valence-electron chi connectivity index (χ1n) is 5.76. The van der Waals surface area contributed by atoms with Crippen LogP contribution in [0.15, 0.2) is 0 Å². The van der Waals surface area contributed by atoms with Gasteiger partial charge in [0.2, 0.25) is 0 Å². The third-order valence-corrected chi connectivity index (χ3v) is 3.22. The van der Waals surface area contributed by atoms with Crippen molar-refractivity contribution in [1.82, 2.24) is 9.78 Å². The first-order chi connectivity index (χ1) is 8.03. The van der Waals surface area contributed by atoms with E-state index in [1.165, 1.54) is 0 Å². The highest BCUT2D eigenvalue weighted by atomic mass is 16.3. The van der Waals surface area contributed by atoms with E-state index in [1.807, 2.05) is 20.9 Å². The van der Waals surface area contributed by atoms with E-state index < -0.39 is 5.54 Å². The molecule has 0 aromatic carbocycles. The lowest BCUT2D eigenvalue weighted by Gasteiger charge is -2.31. The average molecular weight is 242 g/mol. The van der Waals surface area contributed by atoms with Gasteiger partial charge in [0.15, 0.2) is 0 Å². The minimum atomic E-state index is -0.732. The van der Waals surface area contributed by atoms with E-state index >= 15 is 0 Å². The Morgan fingerprint density at radius 3 is 2.41 bits per heavy atom. The number of nitrogens with zero attached hydrogens (tertiary/aromatic N) is 2. The molecule has 98 valence electrons. The highest BCUT2D eigenvalue weighted by Gasteiger charge is 2.28. The van der Waals surface area contributed by atoms with Gasteiger partial charge in [-0.05, 0) is 13.3 Å². The Hall–Kier alpha value is -1.11. The number of rotatable bonds is 6. The monoisotopic (exact) mass is 242 g/mol. The van der Waals surface area contributed by atoms with Gasteiger partial charge >= 0.3 is 0 Å². The highest BCUT2D eigenvalue weighted by Crippen LogP contribution is 2.23. The predicted octanol–water partition coefficient (Wildman–Crippen LogP) is -0.267. The molecular weight excluding hydrogens is 220 g/mol. The standard InChI is InChI=1S/C11H22N4O2/c1-4-11(6-16,7-17)13-10-9(5-12)8(2)14-15(10)3/h13,16-17H,4-7,12H2,1-3H3. The molecular formula is C11H22N4O2. The molecule has 0 fully saturated rings. The van der Waals surface area contributed by atoms with Crippen molar-refractivity contribution < 1.29 is 10.2 Å². The molecule has 6 heteroatoms. The fraction of sp³-hybridized carbons (Fsp3) is 0.727. The summed E-state index contributed by atoms with van der Waals surface area (Å²) in [5.41, 5.74) is 6.73. The first kappa shape index (κ1) is 14.0. The summed E-state index contributed by atoms with van der Waals surface area (Å²) in [7, 11) is 1.81. The van der Waals surface area contributed by atoms with Gasteiger partial charge in [-0.3, -0.25) is 4.68 Å². The number of anilines is 1. The third kappa shape index (κ3) is 2.59. The summed E-state index contributed by atoms with van der Waals surface area (Å²) < 4.78 is 1.69. The van der Waals surface area contributed by atoms with Crippen LogP contribution in [-0.2, 0) is 13.6 Å². The Bertz CT molecular complexity index is 364. The highest BCUT2D eigenvalue weighted by molar-refractivity contribution is 5.49. The molecule has 0 spiro atoms. The van der Waals surface area contributed by atoms with Crippen LogP contribution in [0.1, 0.15) is 24.6 Å². The fourth-order valence-corrected chi connectivity index (χ4v) is 1.79. The summed E-state index contributed by atoms with van der Waals surface area (Å²) >= 11 is 0. The molecule has 0 radical (unpaired) electrons. The summed E-state index contributed by atoms with van der Waals surface area (Å²) in [6, 6.07) is 0. The Morgan fingerprint density at radius 2 is 2.00 bits per heavy atom. The molecule has 0 aliphatic heterocycles. The summed E-state index contributed by atoms with van der Waals surface area (Å²) in [5.74, 6) is 0.759. The number of hydrogen-bond acceptors (Lipinski definition) is 5. The SMILES string of the molecule is CCC(CO)(CO)Nc1c(CN)c(C)nn1C. The summed E-state index contributed by atoms with van der Waals surface area (Å²) in [6.07, 6.45) is 0.605. The maximum absolute atomic E-state index is 9.42. The minimum Gasteiger partial charge on any atom is -0.394 e. The van der Waals surface area contributed by atoms with Crippen LogP contribution in [0.5, 0.6) is 0 Å². The first-order valence-corrected chi connectivity index (χ1v) is 5.76. The van der Waals surface area contributed by atoms with E-state index in [2.05, 4.69) is 10.4 Å². The zero-order chi connectivity index (χ0) is 13.1. The van der Waals surface area contributed by atoms with Crippen molar-refractivity contribution in [2.24, 2.45) is 12.8 Å². The second-order valence-electron chi connectivity index (χ2n) is 4.32. The van der Waals surface area contributed by atoms with Crippen molar-refractivity contribution >= 4 is 5.82 Å². The molecule has 0 bridgehead atoms. The van der Waals surface area contributed by atoms with Gasteiger partial charge in [0, 0.05) is 19.2 Å². The zero-order valence-corrected chi connectivity index (χ0v) is 10.7. The van der Waals surface area contributed by atoms with Crippen LogP contribution in [0.4, 0.5) is 5.82 Å². The molecule has 0 unspecified atom stereocenters. The number of aliphatic hydroxyl groups excluding tert-OH is 2. The molecule has 0 aliphatic carbocycles. The lowest BCUT2D eigenvalue weighted by Crippen LogP contribution is -2.46. The Balaban J connectivity index is 3.08. The van der Waals surface area contributed by atoms with Gasteiger partial charge in [0.25, 0.3) is 0 Å². The second kappa shape index (κ2) is 5.48. The van der Waals surface area contributed by atoms with Crippen molar-refractivity contribution in [3.8, 4) is 0 Å². The van der Waals surface area contributed by atoms with Gasteiger partial charge in [0.05, 0.1) is 24.4 Å². The van der Waals surface area contributed by atoms with Gasteiger partial charge in [-0.2, -0.15) is 5.10 Å². The van der Waals surface area contributed by atoms with E-state index in [4.69, 9.17) is 5.73 Å². The van der Waals surface area contributed by atoms with Crippen molar-refractivity contribution in [3.63, 3.8) is 0 Å². The van der Waals surface area contributed by atoms with Crippen LogP contribution in [-0.4, -0.2) is 38.7 Å². The van der Waals surface area contributed by atoms with Gasteiger partial charge in [-0.25, -0.2) is 0 Å². The maximum atomic E-state index is 9.42. The van der Waals surface area contributed by atoms with E-state index in [0.29, 0.717) is 13.0 Å². The van der Waals surface area contributed by atoms with Gasteiger partial charge in [0.1, 0.15) is 5.82 Å². The molecule has 1 heterocycles. The Labute approximate surface area is 101 Å². The normalized spacial score (nSPS) is 11.9. The number of hydrogen-bond donors (Lipinski definition) is 4. The zero-order valence-electron chi connectivity index (χ0n) is 10.7. The summed E-state index contributed by atoms with van der Waals surface area (Å²) in [5, 5.41) is 26.3. The predicted molar refractivity (Wildman–Crippen MR) is 66.7 cm³/mol. The van der Waals surface area contributed by atoms with E-state index in [0.717, 1.165) is 17.1 Å². The molecule has 6 nitrogen and oxygen atoms in total. The molecule has 1 aromatic heterocycles.